The second-order valence-corrected chi connectivity index (χ2v) is 6.53. The Bertz CT molecular complexity index is 546. The molecule has 1 aromatic heterocycles. The van der Waals surface area contributed by atoms with Crippen molar-refractivity contribution in [1.82, 2.24) is 15.3 Å². The fourth-order valence-electron chi connectivity index (χ4n) is 2.71. The maximum Gasteiger partial charge on any atom is 0.271 e. The average Bonchev–Trinajstić information content (AvgIpc) is 3.19. The van der Waals surface area contributed by atoms with Crippen molar-refractivity contribution in [3.8, 4) is 0 Å². The monoisotopic (exact) mass is 309 g/mol. The Kier molecular flexibility index (Phi) is 4.13. The molecule has 1 aliphatic heterocycles. The van der Waals surface area contributed by atoms with Crippen LogP contribution in [0.25, 0.3) is 0 Å². The molecule has 6 heteroatoms. The van der Waals surface area contributed by atoms with Gasteiger partial charge in [-0.05, 0) is 25.2 Å². The van der Waals surface area contributed by atoms with Gasteiger partial charge in [-0.2, -0.15) is 0 Å². The summed E-state index contributed by atoms with van der Waals surface area (Å²) in [7, 11) is 0. The zero-order valence-electron chi connectivity index (χ0n) is 12.3. The summed E-state index contributed by atoms with van der Waals surface area (Å²) in [6.45, 7) is 4.68. The first kappa shape index (κ1) is 14.7. The van der Waals surface area contributed by atoms with Gasteiger partial charge in [0.2, 0.25) is 0 Å². The van der Waals surface area contributed by atoms with Gasteiger partial charge in [0, 0.05) is 12.5 Å². The molecule has 1 amide bonds. The fraction of sp³-hybridized carbons (Fsp3) is 0.667. The molecule has 0 radical (unpaired) electrons. The molecule has 2 heterocycles. The van der Waals surface area contributed by atoms with E-state index in [2.05, 4.69) is 15.3 Å². The number of halogens is 1. The van der Waals surface area contributed by atoms with Crippen LogP contribution in [0.15, 0.2) is 6.20 Å². The molecule has 0 aromatic carbocycles. The Morgan fingerprint density at radius 3 is 2.86 bits per heavy atom. The van der Waals surface area contributed by atoms with Crippen molar-refractivity contribution in [2.24, 2.45) is 5.92 Å². The van der Waals surface area contributed by atoms with Crippen LogP contribution in [0.5, 0.6) is 0 Å². The van der Waals surface area contributed by atoms with Crippen LogP contribution >= 0.6 is 11.6 Å². The molecule has 0 spiro atoms. The summed E-state index contributed by atoms with van der Waals surface area (Å²) >= 11 is 6.08. The van der Waals surface area contributed by atoms with E-state index in [4.69, 9.17) is 16.3 Å². The lowest BCUT2D eigenvalue weighted by atomic mass is 10.1. The standard InChI is InChI=1S/C15H20ClN3O2/c1-8(2)14-17-7-10(16)12(19-14)15(20)18-11-5-6-21-13(11)9-3-4-9/h7-9,11,13H,3-6H2,1-2H3,(H,18,20). The lowest BCUT2D eigenvalue weighted by Crippen LogP contribution is -2.41. The highest BCUT2D eigenvalue weighted by atomic mass is 35.5. The summed E-state index contributed by atoms with van der Waals surface area (Å²) < 4.78 is 5.74. The number of rotatable bonds is 4. The number of ether oxygens (including phenoxy) is 1. The number of amides is 1. The number of nitrogens with zero attached hydrogens (tertiary/aromatic N) is 2. The van der Waals surface area contributed by atoms with Crippen LogP contribution in [0.2, 0.25) is 5.02 Å². The largest absolute Gasteiger partial charge is 0.376 e. The molecule has 1 aliphatic carbocycles. The number of hydrogen-bond acceptors (Lipinski definition) is 4. The molecule has 2 aliphatic rings. The quantitative estimate of drug-likeness (QED) is 0.928. The molecule has 1 saturated carbocycles. The van der Waals surface area contributed by atoms with E-state index in [-0.39, 0.29) is 29.7 Å². The minimum absolute atomic E-state index is 0.0681. The van der Waals surface area contributed by atoms with E-state index < -0.39 is 0 Å². The molecule has 1 aromatic rings. The lowest BCUT2D eigenvalue weighted by molar-refractivity contribution is 0.0727. The summed E-state index contributed by atoms with van der Waals surface area (Å²) in [4.78, 5) is 20.9. The molecule has 1 saturated heterocycles. The predicted octanol–water partition coefficient (Wildman–Crippen LogP) is 2.55. The van der Waals surface area contributed by atoms with E-state index in [0.29, 0.717) is 23.4 Å². The Balaban J connectivity index is 1.74. The minimum atomic E-state index is -0.231. The third-order valence-electron chi connectivity index (χ3n) is 4.03. The molecular weight excluding hydrogens is 290 g/mol. The minimum Gasteiger partial charge on any atom is -0.376 e. The maximum absolute atomic E-state index is 12.4. The van der Waals surface area contributed by atoms with Crippen LogP contribution in [0.3, 0.4) is 0 Å². The molecule has 5 nitrogen and oxygen atoms in total. The summed E-state index contributed by atoms with van der Waals surface area (Å²) in [6.07, 6.45) is 4.90. The molecule has 2 unspecified atom stereocenters. The van der Waals surface area contributed by atoms with Crippen molar-refractivity contribution in [3.05, 3.63) is 22.7 Å². The van der Waals surface area contributed by atoms with Crippen molar-refractivity contribution < 1.29 is 9.53 Å². The SMILES string of the molecule is CC(C)c1ncc(Cl)c(C(=O)NC2CCOC2C2CC2)n1. The maximum atomic E-state index is 12.4. The summed E-state index contributed by atoms with van der Waals surface area (Å²) in [5, 5.41) is 3.33. The van der Waals surface area contributed by atoms with Gasteiger partial charge in [0.05, 0.1) is 23.4 Å². The highest BCUT2D eigenvalue weighted by Crippen LogP contribution is 2.38. The average molecular weight is 310 g/mol. The van der Waals surface area contributed by atoms with Crippen molar-refractivity contribution in [2.45, 2.75) is 51.2 Å². The van der Waals surface area contributed by atoms with Gasteiger partial charge >= 0.3 is 0 Å². The number of nitrogens with one attached hydrogen (secondary N) is 1. The smallest absolute Gasteiger partial charge is 0.271 e. The number of aromatic nitrogens is 2. The second-order valence-electron chi connectivity index (χ2n) is 6.12. The number of carbonyl (C=O) groups is 1. The van der Waals surface area contributed by atoms with Crippen molar-refractivity contribution in [2.75, 3.05) is 6.61 Å². The van der Waals surface area contributed by atoms with Crippen LogP contribution in [-0.2, 0) is 4.74 Å². The van der Waals surface area contributed by atoms with Gasteiger partial charge in [0.1, 0.15) is 11.5 Å². The first-order chi connectivity index (χ1) is 10.1. The Hall–Kier alpha value is -1.20. The van der Waals surface area contributed by atoms with Crippen LogP contribution in [0, 0.1) is 5.92 Å². The van der Waals surface area contributed by atoms with Crippen molar-refractivity contribution in [1.29, 1.82) is 0 Å². The Morgan fingerprint density at radius 1 is 1.43 bits per heavy atom. The Labute approximate surface area is 129 Å². The zero-order valence-corrected chi connectivity index (χ0v) is 13.1. The van der Waals surface area contributed by atoms with E-state index in [1.54, 1.807) is 0 Å². The fourth-order valence-corrected chi connectivity index (χ4v) is 2.89. The highest BCUT2D eigenvalue weighted by Gasteiger charge is 2.41. The van der Waals surface area contributed by atoms with E-state index >= 15 is 0 Å². The summed E-state index contributed by atoms with van der Waals surface area (Å²) in [6, 6.07) is 0.0681. The molecule has 0 bridgehead atoms. The van der Waals surface area contributed by atoms with Crippen LogP contribution in [0.4, 0.5) is 0 Å². The first-order valence-electron chi connectivity index (χ1n) is 7.51. The second kappa shape index (κ2) is 5.89. The van der Waals surface area contributed by atoms with Gasteiger partial charge in [-0.3, -0.25) is 4.79 Å². The molecule has 1 N–H and O–H groups in total. The van der Waals surface area contributed by atoms with Gasteiger partial charge in [0.25, 0.3) is 5.91 Å². The third kappa shape index (κ3) is 3.19. The summed E-state index contributed by atoms with van der Waals surface area (Å²) in [5.41, 5.74) is 0.261. The van der Waals surface area contributed by atoms with Gasteiger partial charge in [-0.1, -0.05) is 25.4 Å². The van der Waals surface area contributed by atoms with Crippen LogP contribution in [-0.4, -0.2) is 34.6 Å². The zero-order chi connectivity index (χ0) is 15.0. The van der Waals surface area contributed by atoms with E-state index in [1.165, 1.54) is 19.0 Å². The Morgan fingerprint density at radius 2 is 2.19 bits per heavy atom. The first-order valence-corrected chi connectivity index (χ1v) is 7.89. The van der Waals surface area contributed by atoms with Gasteiger partial charge in [-0.25, -0.2) is 9.97 Å². The van der Waals surface area contributed by atoms with E-state index in [1.807, 2.05) is 13.8 Å². The van der Waals surface area contributed by atoms with E-state index in [0.717, 1.165) is 6.42 Å². The van der Waals surface area contributed by atoms with E-state index in [9.17, 15) is 4.79 Å². The molecule has 21 heavy (non-hydrogen) atoms. The third-order valence-corrected chi connectivity index (χ3v) is 4.31. The van der Waals surface area contributed by atoms with Gasteiger partial charge in [0.15, 0.2) is 0 Å². The van der Waals surface area contributed by atoms with Crippen molar-refractivity contribution in [3.63, 3.8) is 0 Å². The topological polar surface area (TPSA) is 64.1 Å². The predicted molar refractivity (Wildman–Crippen MR) is 79.5 cm³/mol. The highest BCUT2D eigenvalue weighted by molar-refractivity contribution is 6.33. The number of carbonyl (C=O) groups excluding carboxylic acids is 1. The van der Waals surface area contributed by atoms with Crippen LogP contribution < -0.4 is 5.32 Å². The molecule has 2 atom stereocenters. The molecule has 2 fully saturated rings. The van der Waals surface area contributed by atoms with Crippen LogP contribution in [0.1, 0.15) is 55.3 Å². The summed E-state index contributed by atoms with van der Waals surface area (Å²) in [5.74, 6) is 1.16. The normalized spacial score (nSPS) is 25.3. The molecular formula is C15H20ClN3O2. The van der Waals surface area contributed by atoms with Gasteiger partial charge in [-0.15, -0.1) is 0 Å². The lowest BCUT2D eigenvalue weighted by Gasteiger charge is -2.19. The molecule has 114 valence electrons. The number of hydrogen-bond donors (Lipinski definition) is 1. The van der Waals surface area contributed by atoms with Gasteiger partial charge < -0.3 is 10.1 Å². The molecule has 3 rings (SSSR count). The van der Waals surface area contributed by atoms with Crippen molar-refractivity contribution >= 4 is 17.5 Å².